The van der Waals surface area contributed by atoms with E-state index in [0.29, 0.717) is 5.71 Å². The summed E-state index contributed by atoms with van der Waals surface area (Å²) < 4.78 is 10.4. The maximum Gasteiger partial charge on any atom is 0.363 e. The van der Waals surface area contributed by atoms with Crippen LogP contribution < -0.4 is 20.0 Å². The Hall–Kier alpha value is -3.28. The zero-order valence-electron chi connectivity index (χ0n) is 15.6. The number of nitrogens with zero attached hydrogens (tertiary/aromatic N) is 4. The average molecular weight is 355 g/mol. The summed E-state index contributed by atoms with van der Waals surface area (Å²) in [5.41, 5.74) is 2.69. The quantitative estimate of drug-likeness (QED) is 0.408. The van der Waals surface area contributed by atoms with E-state index in [-0.39, 0.29) is 6.85 Å². The molecule has 4 heterocycles. The van der Waals surface area contributed by atoms with Gasteiger partial charge in [-0.2, -0.15) is 0 Å². The van der Waals surface area contributed by atoms with Gasteiger partial charge in [0.25, 0.3) is 0 Å². The lowest BCUT2D eigenvalue weighted by atomic mass is 9.61. The van der Waals surface area contributed by atoms with Crippen molar-refractivity contribution in [3.05, 3.63) is 71.3 Å². The summed E-state index contributed by atoms with van der Waals surface area (Å²) in [7, 11) is 2.10. The third-order valence-corrected chi connectivity index (χ3v) is 5.36. The van der Waals surface area contributed by atoms with Crippen molar-refractivity contribution in [2.75, 3.05) is 4.81 Å². The summed E-state index contributed by atoms with van der Waals surface area (Å²) in [5.74, 6) is 4.52. The van der Waals surface area contributed by atoms with Crippen molar-refractivity contribution in [1.82, 2.24) is 9.55 Å². The molecule has 0 spiro atoms. The minimum Gasteiger partial charge on any atom is -0.435 e. The molecule has 4 aromatic rings. The van der Waals surface area contributed by atoms with Crippen LogP contribution in [0.15, 0.2) is 59.3 Å². The van der Waals surface area contributed by atoms with Crippen LogP contribution in [0.3, 0.4) is 0 Å². The van der Waals surface area contributed by atoms with Crippen molar-refractivity contribution in [2.45, 2.75) is 13.7 Å². The van der Waals surface area contributed by atoms with Crippen LogP contribution in [0.4, 0.5) is 5.82 Å². The van der Waals surface area contributed by atoms with E-state index in [9.17, 15) is 0 Å². The number of aromatic nitrogens is 3. The summed E-state index contributed by atoms with van der Waals surface area (Å²) in [6, 6.07) is 14.4. The Balaban J connectivity index is 1.68. The molecule has 1 aromatic carbocycles. The number of hydrogen-bond acceptors (Lipinski definition) is 3. The van der Waals surface area contributed by atoms with Crippen molar-refractivity contribution in [3.8, 4) is 5.69 Å². The smallest absolute Gasteiger partial charge is 0.363 e. The van der Waals surface area contributed by atoms with Gasteiger partial charge >= 0.3 is 6.85 Å². The number of pyridine rings is 1. The molecule has 132 valence electrons. The molecule has 27 heavy (non-hydrogen) atoms. The Kier molecular flexibility index (Phi) is 3.47. The Morgan fingerprint density at radius 2 is 1.93 bits per heavy atom. The second-order valence-electron chi connectivity index (χ2n) is 6.98. The number of imidazole rings is 1. The van der Waals surface area contributed by atoms with Gasteiger partial charge in [0.15, 0.2) is 5.42 Å². The molecule has 0 radical (unpaired) electrons. The lowest BCUT2D eigenvalue weighted by molar-refractivity contribution is -0.663. The first-order chi connectivity index (χ1) is 13.1. The number of benzene rings is 1. The molecule has 0 atom stereocenters. The maximum atomic E-state index is 6.00. The minimum absolute atomic E-state index is 0.204. The highest BCUT2D eigenvalue weighted by atomic mass is 16.3. The van der Waals surface area contributed by atoms with E-state index in [4.69, 9.17) is 4.42 Å². The van der Waals surface area contributed by atoms with Crippen LogP contribution in [-0.4, -0.2) is 16.4 Å². The number of fused-ring (bicyclic) bond motifs is 3. The number of furan rings is 1. The van der Waals surface area contributed by atoms with E-state index in [2.05, 4.69) is 88.4 Å². The number of anilines is 1. The lowest BCUT2D eigenvalue weighted by Crippen LogP contribution is -2.47. The van der Waals surface area contributed by atoms with E-state index in [0.717, 1.165) is 33.3 Å². The van der Waals surface area contributed by atoms with Gasteiger partial charge in [0.05, 0.1) is 13.2 Å². The van der Waals surface area contributed by atoms with Crippen molar-refractivity contribution < 1.29 is 8.98 Å². The van der Waals surface area contributed by atoms with Gasteiger partial charge in [-0.15, -0.1) is 0 Å². The number of hydrogen-bond donors (Lipinski definition) is 0. The van der Waals surface area contributed by atoms with Gasteiger partial charge in [-0.25, -0.2) is 14.1 Å². The van der Waals surface area contributed by atoms with Gasteiger partial charge in [0.2, 0.25) is 17.4 Å². The normalized spacial score (nSPS) is 13.4. The number of rotatable bonds is 2. The summed E-state index contributed by atoms with van der Waals surface area (Å²) in [6.07, 6.45) is 6.03. The molecule has 0 saturated heterocycles. The van der Waals surface area contributed by atoms with Gasteiger partial charge in [0.1, 0.15) is 11.9 Å². The molecule has 5 rings (SSSR count). The predicted octanol–water partition coefficient (Wildman–Crippen LogP) is 1.95. The van der Waals surface area contributed by atoms with E-state index in [1.165, 1.54) is 0 Å². The van der Waals surface area contributed by atoms with Crippen LogP contribution in [0, 0.1) is 6.92 Å². The predicted molar refractivity (Wildman–Crippen MR) is 108 cm³/mol. The molecule has 0 bridgehead atoms. The van der Waals surface area contributed by atoms with Crippen LogP contribution in [-0.2, 0) is 7.05 Å². The molecule has 1 aliphatic heterocycles. The van der Waals surface area contributed by atoms with E-state index >= 15 is 0 Å². The Morgan fingerprint density at radius 1 is 1.11 bits per heavy atom. The molecule has 0 N–H and O–H groups in total. The summed E-state index contributed by atoms with van der Waals surface area (Å²) in [6.45, 7) is 4.53. The fourth-order valence-electron chi connectivity index (χ4n) is 3.79. The zero-order chi connectivity index (χ0) is 18.5. The lowest BCUT2D eigenvalue weighted by Gasteiger charge is -2.18. The maximum absolute atomic E-state index is 6.00. The molecular weight excluding hydrogens is 335 g/mol. The Bertz CT molecular complexity index is 1270. The second kappa shape index (κ2) is 5.88. The zero-order valence-corrected chi connectivity index (χ0v) is 15.6. The van der Waals surface area contributed by atoms with Crippen molar-refractivity contribution >= 4 is 35.9 Å². The van der Waals surface area contributed by atoms with Crippen LogP contribution in [0.1, 0.15) is 5.82 Å². The fourth-order valence-corrected chi connectivity index (χ4v) is 3.79. The molecule has 0 amide bonds. The molecule has 5 nitrogen and oxygen atoms in total. The van der Waals surface area contributed by atoms with E-state index in [1.54, 1.807) is 6.20 Å². The molecule has 0 saturated carbocycles. The molecule has 6 heteroatoms. The largest absolute Gasteiger partial charge is 0.435 e. The summed E-state index contributed by atoms with van der Waals surface area (Å²) in [5, 5.41) is 2.20. The highest BCUT2D eigenvalue weighted by Gasteiger charge is 2.30. The third-order valence-electron chi connectivity index (χ3n) is 5.36. The van der Waals surface area contributed by atoms with Gasteiger partial charge < -0.3 is 9.23 Å². The highest BCUT2D eigenvalue weighted by Crippen LogP contribution is 2.19. The van der Waals surface area contributed by atoms with E-state index in [1.807, 2.05) is 12.1 Å². The summed E-state index contributed by atoms with van der Waals surface area (Å²) >= 11 is 0. The van der Waals surface area contributed by atoms with E-state index < -0.39 is 0 Å². The van der Waals surface area contributed by atoms with Crippen LogP contribution >= 0.6 is 0 Å². The first kappa shape index (κ1) is 15.9. The van der Waals surface area contributed by atoms with Crippen LogP contribution in [0.25, 0.3) is 29.0 Å². The topological polar surface area (TPSA) is 38.1 Å². The first-order valence-electron chi connectivity index (χ1n) is 9.12. The van der Waals surface area contributed by atoms with Gasteiger partial charge in [0, 0.05) is 23.7 Å². The SMILES string of the molecule is CB1C=c2c(oc3ncccc23)=CN1c1cn(-c2ccccc2)c(C)[n+]1C. The Morgan fingerprint density at radius 3 is 2.74 bits per heavy atom. The van der Waals surface area contributed by atoms with Gasteiger partial charge in [-0.3, -0.25) is 0 Å². The van der Waals surface area contributed by atoms with Crippen LogP contribution in [0.5, 0.6) is 0 Å². The summed E-state index contributed by atoms with van der Waals surface area (Å²) in [4.78, 5) is 6.60. The third kappa shape index (κ3) is 2.40. The number of para-hydroxylation sites is 1. The monoisotopic (exact) mass is 355 g/mol. The fraction of sp³-hybridized carbons (Fsp3) is 0.143. The molecule has 3 aromatic heterocycles. The second-order valence-corrected chi connectivity index (χ2v) is 6.98. The molecule has 1 aliphatic rings. The van der Waals surface area contributed by atoms with Crippen molar-refractivity contribution in [3.63, 3.8) is 0 Å². The van der Waals surface area contributed by atoms with Crippen molar-refractivity contribution in [1.29, 1.82) is 0 Å². The molecular formula is C21H20BN4O+. The molecule has 0 unspecified atom stereocenters. The first-order valence-corrected chi connectivity index (χ1v) is 9.12. The minimum atomic E-state index is 0.204. The standard InChI is InChI=1S/C21H20BN4O/c1-15-24(3)20(14-25(15)16-8-5-4-6-9-16)26-13-19-18(12-22(26)2)17-10-7-11-23-21(17)27-19/h4-14H,1-3H3/q+1. The van der Waals surface area contributed by atoms with Gasteiger partial charge in [-0.1, -0.05) is 24.2 Å². The Labute approximate surface area is 157 Å². The van der Waals surface area contributed by atoms with Crippen LogP contribution in [0.2, 0.25) is 6.82 Å². The molecule has 0 aliphatic carbocycles. The average Bonchev–Trinajstić information content (AvgIpc) is 3.20. The van der Waals surface area contributed by atoms with Crippen molar-refractivity contribution in [2.24, 2.45) is 7.05 Å². The highest BCUT2D eigenvalue weighted by molar-refractivity contribution is 6.77. The van der Waals surface area contributed by atoms with Gasteiger partial charge in [-0.05, 0) is 31.1 Å². The molecule has 0 fully saturated rings.